The number of halogens is 1. The Labute approximate surface area is 133 Å². The lowest BCUT2D eigenvalue weighted by Gasteiger charge is -2.23. The normalized spacial score (nSPS) is 12.2. The summed E-state index contributed by atoms with van der Waals surface area (Å²) in [4.78, 5) is 25.8. The van der Waals surface area contributed by atoms with Crippen LogP contribution in [0.1, 0.15) is 17.3 Å². The van der Waals surface area contributed by atoms with E-state index in [1.165, 1.54) is 0 Å². The van der Waals surface area contributed by atoms with E-state index in [-0.39, 0.29) is 24.3 Å². The number of amides is 1. The van der Waals surface area contributed by atoms with Gasteiger partial charge < -0.3 is 10.1 Å². The lowest BCUT2D eigenvalue weighted by atomic mass is 10.0. The van der Waals surface area contributed by atoms with Gasteiger partial charge in [0.1, 0.15) is 0 Å². The molecule has 0 aromatic heterocycles. The van der Waals surface area contributed by atoms with Gasteiger partial charge in [0.2, 0.25) is 5.91 Å². The molecule has 1 aromatic carbocycles. The van der Waals surface area contributed by atoms with Crippen LogP contribution in [0.15, 0.2) is 28.7 Å². The molecule has 6 heteroatoms. The number of rotatable bonds is 8. The molecule has 21 heavy (non-hydrogen) atoms. The van der Waals surface area contributed by atoms with Gasteiger partial charge >= 0.3 is 0 Å². The molecule has 1 aromatic rings. The lowest BCUT2D eigenvalue weighted by Crippen LogP contribution is -2.43. The first-order valence-corrected chi connectivity index (χ1v) is 7.50. The minimum atomic E-state index is -0.362. The van der Waals surface area contributed by atoms with Crippen LogP contribution < -0.4 is 5.32 Å². The highest BCUT2D eigenvalue weighted by atomic mass is 79.9. The molecule has 1 rings (SSSR count). The number of Topliss-reactive ketones (excluding diaryl/α,β-unsaturated/α-hetero) is 1. The molecule has 0 saturated carbocycles. The van der Waals surface area contributed by atoms with Gasteiger partial charge in [0.15, 0.2) is 5.78 Å². The fourth-order valence-corrected chi connectivity index (χ4v) is 2.03. The van der Waals surface area contributed by atoms with Crippen molar-refractivity contribution in [1.82, 2.24) is 10.2 Å². The second-order valence-corrected chi connectivity index (χ2v) is 5.72. The summed E-state index contributed by atoms with van der Waals surface area (Å²) in [7, 11) is 3.34. The zero-order valence-electron chi connectivity index (χ0n) is 12.6. The van der Waals surface area contributed by atoms with E-state index in [9.17, 15) is 9.59 Å². The van der Waals surface area contributed by atoms with Gasteiger partial charge in [-0.25, -0.2) is 0 Å². The molecule has 0 spiro atoms. The van der Waals surface area contributed by atoms with E-state index in [1.807, 2.05) is 12.1 Å². The molecule has 0 aliphatic carbocycles. The number of carbonyl (C=O) groups is 2. The summed E-state index contributed by atoms with van der Waals surface area (Å²) in [6.07, 6.45) is 0. The SMILES string of the molecule is COCCNC(=O)CN(C)C(C)C(=O)c1ccc(Br)cc1. The number of ketones is 1. The number of hydrogen-bond donors (Lipinski definition) is 1. The van der Waals surface area contributed by atoms with E-state index < -0.39 is 0 Å². The highest BCUT2D eigenvalue weighted by molar-refractivity contribution is 9.10. The quantitative estimate of drug-likeness (QED) is 0.569. The van der Waals surface area contributed by atoms with Crippen LogP contribution in [-0.2, 0) is 9.53 Å². The van der Waals surface area contributed by atoms with Crippen molar-refractivity contribution in [2.45, 2.75) is 13.0 Å². The fraction of sp³-hybridized carbons (Fsp3) is 0.467. The van der Waals surface area contributed by atoms with Gasteiger partial charge in [-0.1, -0.05) is 28.1 Å². The maximum absolute atomic E-state index is 12.3. The molecule has 0 saturated heterocycles. The first-order chi connectivity index (χ1) is 9.95. The van der Waals surface area contributed by atoms with Gasteiger partial charge in [0, 0.05) is 23.7 Å². The predicted molar refractivity (Wildman–Crippen MR) is 85.5 cm³/mol. The Bertz CT molecular complexity index is 476. The zero-order valence-corrected chi connectivity index (χ0v) is 14.1. The molecule has 0 heterocycles. The van der Waals surface area contributed by atoms with Crippen molar-refractivity contribution in [3.63, 3.8) is 0 Å². The first kappa shape index (κ1) is 17.8. The minimum absolute atomic E-state index is 0.00492. The number of nitrogens with one attached hydrogen (secondary N) is 1. The van der Waals surface area contributed by atoms with E-state index in [2.05, 4.69) is 21.2 Å². The summed E-state index contributed by atoms with van der Waals surface area (Å²) in [5, 5.41) is 2.73. The average molecular weight is 357 g/mol. The molecular weight excluding hydrogens is 336 g/mol. The minimum Gasteiger partial charge on any atom is -0.383 e. The second-order valence-electron chi connectivity index (χ2n) is 4.80. The largest absolute Gasteiger partial charge is 0.383 e. The lowest BCUT2D eigenvalue weighted by molar-refractivity contribution is -0.122. The average Bonchev–Trinajstić information content (AvgIpc) is 2.46. The number of methoxy groups -OCH3 is 1. The monoisotopic (exact) mass is 356 g/mol. The molecule has 1 N–H and O–H groups in total. The third-order valence-electron chi connectivity index (χ3n) is 3.19. The molecule has 1 amide bonds. The first-order valence-electron chi connectivity index (χ1n) is 6.71. The Hall–Kier alpha value is -1.24. The molecule has 5 nitrogen and oxygen atoms in total. The summed E-state index contributed by atoms with van der Waals surface area (Å²) in [5.74, 6) is -0.125. The third-order valence-corrected chi connectivity index (χ3v) is 3.72. The van der Waals surface area contributed by atoms with Crippen LogP contribution in [0, 0.1) is 0 Å². The van der Waals surface area contributed by atoms with E-state index >= 15 is 0 Å². The molecule has 0 fully saturated rings. The van der Waals surface area contributed by atoms with Crippen molar-refractivity contribution in [2.24, 2.45) is 0 Å². The molecule has 1 atom stereocenters. The Balaban J connectivity index is 2.53. The molecule has 0 aliphatic heterocycles. The summed E-state index contributed by atoms with van der Waals surface area (Å²) < 4.78 is 5.79. The van der Waals surface area contributed by atoms with Gasteiger partial charge in [-0.3, -0.25) is 14.5 Å². The second kappa shape index (κ2) is 8.92. The van der Waals surface area contributed by atoms with E-state index in [0.717, 1.165) is 4.47 Å². The van der Waals surface area contributed by atoms with Crippen molar-refractivity contribution in [3.05, 3.63) is 34.3 Å². The molecule has 0 aliphatic rings. The van der Waals surface area contributed by atoms with Crippen LogP contribution >= 0.6 is 15.9 Å². The van der Waals surface area contributed by atoms with Crippen LogP contribution in [-0.4, -0.2) is 56.5 Å². The van der Waals surface area contributed by atoms with Gasteiger partial charge in [-0.05, 0) is 26.1 Å². The number of nitrogens with zero attached hydrogens (tertiary/aromatic N) is 1. The van der Waals surface area contributed by atoms with Crippen molar-refractivity contribution in [3.8, 4) is 0 Å². The maximum atomic E-state index is 12.3. The van der Waals surface area contributed by atoms with Crippen LogP contribution in [0.25, 0.3) is 0 Å². The smallest absolute Gasteiger partial charge is 0.234 e. The van der Waals surface area contributed by atoms with Crippen molar-refractivity contribution in [1.29, 1.82) is 0 Å². The van der Waals surface area contributed by atoms with Gasteiger partial charge in [-0.2, -0.15) is 0 Å². The molecular formula is C15H21BrN2O3. The highest BCUT2D eigenvalue weighted by Crippen LogP contribution is 2.13. The Kier molecular flexibility index (Phi) is 7.56. The standard InChI is InChI=1S/C15H21BrN2O3/c1-11(15(20)12-4-6-13(16)7-5-12)18(2)10-14(19)17-8-9-21-3/h4-7,11H,8-10H2,1-3H3,(H,17,19). The Morgan fingerprint density at radius 2 is 1.95 bits per heavy atom. The van der Waals surface area contributed by atoms with Crippen LogP contribution in [0.4, 0.5) is 0 Å². The topological polar surface area (TPSA) is 58.6 Å². The van der Waals surface area contributed by atoms with Gasteiger partial charge in [0.05, 0.1) is 19.2 Å². The predicted octanol–water partition coefficient (Wildman–Crippen LogP) is 1.71. The van der Waals surface area contributed by atoms with Gasteiger partial charge in [-0.15, -0.1) is 0 Å². The number of ether oxygens (including phenoxy) is 1. The van der Waals surface area contributed by atoms with Crippen LogP contribution in [0.3, 0.4) is 0 Å². The third kappa shape index (κ3) is 5.95. The molecule has 116 valence electrons. The van der Waals surface area contributed by atoms with E-state index in [1.54, 1.807) is 38.1 Å². The molecule has 1 unspecified atom stereocenters. The van der Waals surface area contributed by atoms with Crippen molar-refractivity contribution in [2.75, 3.05) is 33.9 Å². The summed E-state index contributed by atoms with van der Waals surface area (Å²) in [6, 6.07) is 6.85. The zero-order chi connectivity index (χ0) is 15.8. The highest BCUT2D eigenvalue weighted by Gasteiger charge is 2.21. The fourth-order valence-electron chi connectivity index (χ4n) is 1.77. The summed E-state index contributed by atoms with van der Waals surface area (Å²) in [5.41, 5.74) is 0.636. The van der Waals surface area contributed by atoms with Crippen molar-refractivity contribution < 1.29 is 14.3 Å². The number of likely N-dealkylation sites (N-methyl/N-ethyl adjacent to an activating group) is 1. The van der Waals surface area contributed by atoms with E-state index in [4.69, 9.17) is 4.74 Å². The molecule has 0 radical (unpaired) electrons. The van der Waals surface area contributed by atoms with Gasteiger partial charge in [0.25, 0.3) is 0 Å². The van der Waals surface area contributed by atoms with Crippen LogP contribution in [0.5, 0.6) is 0 Å². The summed E-state index contributed by atoms with van der Waals surface area (Å²) in [6.45, 7) is 2.92. The Morgan fingerprint density at radius 1 is 1.33 bits per heavy atom. The number of benzene rings is 1. The molecule has 0 bridgehead atoms. The van der Waals surface area contributed by atoms with Crippen molar-refractivity contribution >= 4 is 27.6 Å². The van der Waals surface area contributed by atoms with Crippen LogP contribution in [0.2, 0.25) is 0 Å². The Morgan fingerprint density at radius 3 is 2.52 bits per heavy atom. The van der Waals surface area contributed by atoms with E-state index in [0.29, 0.717) is 18.7 Å². The maximum Gasteiger partial charge on any atom is 0.234 e. The summed E-state index contributed by atoms with van der Waals surface area (Å²) >= 11 is 3.34. The number of hydrogen-bond acceptors (Lipinski definition) is 4. The number of carbonyl (C=O) groups excluding carboxylic acids is 2.